The first-order valence-electron chi connectivity index (χ1n) is 5.27. The Morgan fingerprint density at radius 1 is 1.31 bits per heavy atom. The number of aromatic nitrogens is 1. The van der Waals surface area contributed by atoms with Crippen LogP contribution in [0.3, 0.4) is 0 Å². The SMILES string of the molecule is O=C(CCc1ccccn1)Cc1ccsc1. The lowest BCUT2D eigenvalue weighted by atomic mass is 10.1. The lowest BCUT2D eigenvalue weighted by Gasteiger charge is -1.99. The molecule has 2 aromatic heterocycles. The number of rotatable bonds is 5. The molecule has 0 bridgehead atoms. The average Bonchev–Trinajstić information content (AvgIpc) is 2.81. The maximum absolute atomic E-state index is 11.7. The summed E-state index contributed by atoms with van der Waals surface area (Å²) in [5.41, 5.74) is 2.11. The van der Waals surface area contributed by atoms with E-state index in [0.29, 0.717) is 12.8 Å². The van der Waals surface area contributed by atoms with Gasteiger partial charge >= 0.3 is 0 Å². The van der Waals surface area contributed by atoms with Gasteiger partial charge in [-0.05, 0) is 40.9 Å². The van der Waals surface area contributed by atoms with Crippen LogP contribution in [0, 0.1) is 0 Å². The quantitative estimate of drug-likeness (QED) is 0.792. The average molecular weight is 231 g/mol. The van der Waals surface area contributed by atoms with E-state index in [1.165, 1.54) is 0 Å². The van der Waals surface area contributed by atoms with Crippen molar-refractivity contribution in [2.24, 2.45) is 0 Å². The van der Waals surface area contributed by atoms with Crippen molar-refractivity contribution in [3.63, 3.8) is 0 Å². The van der Waals surface area contributed by atoms with E-state index in [9.17, 15) is 4.79 Å². The molecule has 2 nitrogen and oxygen atoms in total. The number of carbonyl (C=O) groups excluding carboxylic acids is 1. The fraction of sp³-hybridized carbons (Fsp3) is 0.231. The number of thiophene rings is 1. The standard InChI is InChI=1S/C13H13NOS/c15-13(9-11-6-8-16-10-11)5-4-12-3-1-2-7-14-12/h1-3,6-8,10H,4-5,9H2. The van der Waals surface area contributed by atoms with E-state index in [4.69, 9.17) is 0 Å². The van der Waals surface area contributed by atoms with E-state index >= 15 is 0 Å². The number of carbonyl (C=O) groups is 1. The van der Waals surface area contributed by atoms with Crippen LogP contribution in [-0.2, 0) is 17.6 Å². The number of hydrogen-bond donors (Lipinski definition) is 0. The van der Waals surface area contributed by atoms with E-state index < -0.39 is 0 Å². The molecule has 0 aromatic carbocycles. The van der Waals surface area contributed by atoms with Crippen LogP contribution < -0.4 is 0 Å². The fourth-order valence-electron chi connectivity index (χ4n) is 1.52. The van der Waals surface area contributed by atoms with Crippen molar-refractivity contribution in [1.82, 2.24) is 4.98 Å². The third-order valence-corrected chi connectivity index (χ3v) is 3.10. The van der Waals surface area contributed by atoms with Gasteiger partial charge < -0.3 is 0 Å². The Hall–Kier alpha value is -1.48. The topological polar surface area (TPSA) is 30.0 Å². The largest absolute Gasteiger partial charge is 0.299 e. The van der Waals surface area contributed by atoms with Crippen LogP contribution in [0.15, 0.2) is 41.2 Å². The summed E-state index contributed by atoms with van der Waals surface area (Å²) >= 11 is 1.63. The van der Waals surface area contributed by atoms with Crippen molar-refractivity contribution in [1.29, 1.82) is 0 Å². The van der Waals surface area contributed by atoms with E-state index in [0.717, 1.165) is 17.7 Å². The summed E-state index contributed by atoms with van der Waals surface area (Å²) in [7, 11) is 0. The molecular formula is C13H13NOS. The lowest BCUT2D eigenvalue weighted by molar-refractivity contribution is -0.118. The minimum Gasteiger partial charge on any atom is -0.299 e. The van der Waals surface area contributed by atoms with Crippen LogP contribution in [0.5, 0.6) is 0 Å². The second-order valence-corrected chi connectivity index (χ2v) is 4.45. The van der Waals surface area contributed by atoms with Crippen LogP contribution in [0.2, 0.25) is 0 Å². The maximum Gasteiger partial charge on any atom is 0.137 e. The molecule has 0 aliphatic carbocycles. The summed E-state index contributed by atoms with van der Waals surface area (Å²) in [4.78, 5) is 15.9. The minimum atomic E-state index is 0.282. The molecule has 0 fully saturated rings. The molecule has 2 aromatic rings. The third kappa shape index (κ3) is 3.28. The normalized spacial score (nSPS) is 10.2. The molecule has 0 saturated carbocycles. The Balaban J connectivity index is 1.80. The highest BCUT2D eigenvalue weighted by Gasteiger charge is 2.04. The molecule has 2 heterocycles. The van der Waals surface area contributed by atoms with Crippen molar-refractivity contribution >= 4 is 17.1 Å². The van der Waals surface area contributed by atoms with Crippen LogP contribution in [0.25, 0.3) is 0 Å². The van der Waals surface area contributed by atoms with Crippen molar-refractivity contribution < 1.29 is 4.79 Å². The van der Waals surface area contributed by atoms with Crippen molar-refractivity contribution in [3.05, 3.63) is 52.5 Å². The molecule has 0 aliphatic rings. The van der Waals surface area contributed by atoms with Crippen molar-refractivity contribution in [3.8, 4) is 0 Å². The third-order valence-electron chi connectivity index (χ3n) is 2.37. The monoisotopic (exact) mass is 231 g/mol. The maximum atomic E-state index is 11.7. The smallest absolute Gasteiger partial charge is 0.137 e. The molecule has 0 unspecified atom stereocenters. The molecule has 2 rings (SSSR count). The van der Waals surface area contributed by atoms with Crippen LogP contribution >= 0.6 is 11.3 Å². The van der Waals surface area contributed by atoms with Gasteiger partial charge in [0.25, 0.3) is 0 Å². The first kappa shape index (κ1) is 11.0. The number of Topliss-reactive ketones (excluding diaryl/α,β-unsaturated/α-hetero) is 1. The minimum absolute atomic E-state index is 0.282. The van der Waals surface area contributed by atoms with E-state index in [-0.39, 0.29) is 5.78 Å². The second-order valence-electron chi connectivity index (χ2n) is 3.67. The molecule has 0 spiro atoms. The molecule has 16 heavy (non-hydrogen) atoms. The summed E-state index contributed by atoms with van der Waals surface area (Å²) in [6.45, 7) is 0. The number of ketones is 1. The molecular weight excluding hydrogens is 218 g/mol. The van der Waals surface area contributed by atoms with Gasteiger partial charge in [-0.15, -0.1) is 0 Å². The van der Waals surface area contributed by atoms with Gasteiger partial charge in [-0.1, -0.05) is 6.07 Å². The van der Waals surface area contributed by atoms with Gasteiger partial charge in [0.15, 0.2) is 0 Å². The first-order valence-corrected chi connectivity index (χ1v) is 6.21. The molecule has 0 radical (unpaired) electrons. The van der Waals surface area contributed by atoms with Gasteiger partial charge in [0.2, 0.25) is 0 Å². The number of pyridine rings is 1. The summed E-state index contributed by atoms with van der Waals surface area (Å²) in [6, 6.07) is 7.80. The zero-order chi connectivity index (χ0) is 11.2. The highest BCUT2D eigenvalue weighted by molar-refractivity contribution is 7.07. The molecule has 0 N–H and O–H groups in total. The zero-order valence-corrected chi connectivity index (χ0v) is 9.74. The summed E-state index contributed by atoms with van der Waals surface area (Å²) in [5, 5.41) is 4.03. The van der Waals surface area contributed by atoms with Gasteiger partial charge in [0, 0.05) is 24.7 Å². The predicted molar refractivity (Wildman–Crippen MR) is 65.6 cm³/mol. The van der Waals surface area contributed by atoms with E-state index in [1.807, 2.05) is 35.0 Å². The Morgan fingerprint density at radius 2 is 2.25 bits per heavy atom. The summed E-state index contributed by atoms with van der Waals surface area (Å²) in [5.74, 6) is 0.282. The highest BCUT2D eigenvalue weighted by Crippen LogP contribution is 2.09. The van der Waals surface area contributed by atoms with Crippen LogP contribution in [0.1, 0.15) is 17.7 Å². The van der Waals surface area contributed by atoms with Gasteiger partial charge in [0.05, 0.1) is 0 Å². The Bertz CT molecular complexity index is 436. The Morgan fingerprint density at radius 3 is 2.94 bits per heavy atom. The zero-order valence-electron chi connectivity index (χ0n) is 8.93. The Kier molecular flexibility index (Phi) is 3.83. The van der Waals surface area contributed by atoms with Crippen LogP contribution in [-0.4, -0.2) is 10.8 Å². The van der Waals surface area contributed by atoms with Gasteiger partial charge in [0.1, 0.15) is 5.78 Å². The Labute approximate surface area is 99.0 Å². The number of nitrogens with zero attached hydrogens (tertiary/aromatic N) is 1. The first-order chi connectivity index (χ1) is 7.84. The summed E-state index contributed by atoms with van der Waals surface area (Å²) in [6.07, 6.45) is 3.63. The predicted octanol–water partition coefficient (Wildman–Crippen LogP) is 2.89. The van der Waals surface area contributed by atoms with E-state index in [1.54, 1.807) is 17.5 Å². The molecule has 0 atom stereocenters. The second kappa shape index (κ2) is 5.56. The van der Waals surface area contributed by atoms with Gasteiger partial charge in [-0.3, -0.25) is 9.78 Å². The number of aryl methyl sites for hydroxylation is 1. The van der Waals surface area contributed by atoms with Crippen LogP contribution in [0.4, 0.5) is 0 Å². The molecule has 0 amide bonds. The van der Waals surface area contributed by atoms with Gasteiger partial charge in [-0.25, -0.2) is 0 Å². The lowest BCUT2D eigenvalue weighted by Crippen LogP contribution is -2.04. The van der Waals surface area contributed by atoms with Gasteiger partial charge in [-0.2, -0.15) is 11.3 Å². The number of hydrogen-bond acceptors (Lipinski definition) is 3. The molecule has 0 aliphatic heterocycles. The van der Waals surface area contributed by atoms with Crippen molar-refractivity contribution in [2.45, 2.75) is 19.3 Å². The highest BCUT2D eigenvalue weighted by atomic mass is 32.1. The summed E-state index contributed by atoms with van der Waals surface area (Å²) < 4.78 is 0. The molecule has 82 valence electrons. The fourth-order valence-corrected chi connectivity index (χ4v) is 2.19. The van der Waals surface area contributed by atoms with Crippen molar-refractivity contribution in [2.75, 3.05) is 0 Å². The molecule has 0 saturated heterocycles. The molecule has 3 heteroatoms. The van der Waals surface area contributed by atoms with E-state index in [2.05, 4.69) is 4.98 Å².